The second-order valence-electron chi connectivity index (χ2n) is 4.74. The maximum absolute atomic E-state index is 11.9. The van der Waals surface area contributed by atoms with E-state index in [4.69, 9.17) is 9.84 Å². The van der Waals surface area contributed by atoms with Crippen LogP contribution in [0.1, 0.15) is 20.3 Å². The number of methoxy groups -OCH3 is 1. The summed E-state index contributed by atoms with van der Waals surface area (Å²) in [5.41, 5.74) is 0. The monoisotopic (exact) mass is 311 g/mol. The third-order valence-electron chi connectivity index (χ3n) is 3.21. The average molecular weight is 311 g/mol. The molecule has 0 aromatic heterocycles. The van der Waals surface area contributed by atoms with Crippen molar-refractivity contribution in [3.8, 4) is 5.75 Å². The normalized spacial score (nSPS) is 13.3. The molecule has 2 N–H and O–H groups in total. The highest BCUT2D eigenvalue weighted by atomic mass is 32.2. The summed E-state index contributed by atoms with van der Waals surface area (Å²) in [5.74, 6) is -0.482. The van der Waals surface area contributed by atoms with Gasteiger partial charge in [0, 0.05) is 4.90 Å². The first-order valence-corrected chi connectivity index (χ1v) is 7.75. The van der Waals surface area contributed by atoms with Crippen LogP contribution in [0.3, 0.4) is 0 Å². The molecule has 0 saturated carbocycles. The Kier molecular flexibility index (Phi) is 7.08. The van der Waals surface area contributed by atoms with Crippen molar-refractivity contribution in [3.63, 3.8) is 0 Å². The molecule has 1 aromatic rings. The van der Waals surface area contributed by atoms with Gasteiger partial charge in [-0.1, -0.05) is 26.3 Å². The van der Waals surface area contributed by atoms with Crippen LogP contribution in [0.4, 0.5) is 0 Å². The fourth-order valence-electron chi connectivity index (χ4n) is 1.74. The maximum Gasteiger partial charge on any atom is 0.326 e. The van der Waals surface area contributed by atoms with E-state index >= 15 is 0 Å². The van der Waals surface area contributed by atoms with Crippen molar-refractivity contribution >= 4 is 23.6 Å². The topological polar surface area (TPSA) is 75.6 Å². The Morgan fingerprint density at radius 2 is 2.14 bits per heavy atom. The number of carbonyl (C=O) groups is 2. The molecule has 0 saturated heterocycles. The van der Waals surface area contributed by atoms with Gasteiger partial charge in [-0.05, 0) is 24.1 Å². The number of carbonyl (C=O) groups excluding carboxylic acids is 1. The standard InChI is InChI=1S/C15H21NO4S/c1-4-10(2)14(15(18)19)16-13(17)9-21-12-7-5-6-11(8-12)20-3/h5-8,10,14H,4,9H2,1-3H3,(H,16,17)(H,18,19). The number of hydrogen-bond acceptors (Lipinski definition) is 4. The van der Waals surface area contributed by atoms with Gasteiger partial charge in [0.15, 0.2) is 0 Å². The van der Waals surface area contributed by atoms with Crippen molar-refractivity contribution in [2.75, 3.05) is 12.9 Å². The minimum Gasteiger partial charge on any atom is -0.497 e. The van der Waals surface area contributed by atoms with Crippen LogP contribution in [0.5, 0.6) is 5.75 Å². The molecule has 2 unspecified atom stereocenters. The first-order chi connectivity index (χ1) is 9.97. The molecule has 0 aliphatic heterocycles. The van der Waals surface area contributed by atoms with Gasteiger partial charge in [0.2, 0.25) is 5.91 Å². The summed E-state index contributed by atoms with van der Waals surface area (Å²) in [6, 6.07) is 6.55. The highest BCUT2D eigenvalue weighted by Gasteiger charge is 2.25. The lowest BCUT2D eigenvalue weighted by atomic mass is 9.99. The zero-order valence-corrected chi connectivity index (χ0v) is 13.3. The Labute approximate surface area is 129 Å². The maximum atomic E-state index is 11.9. The van der Waals surface area contributed by atoms with Gasteiger partial charge >= 0.3 is 5.97 Å². The van der Waals surface area contributed by atoms with Gasteiger partial charge in [0.1, 0.15) is 11.8 Å². The molecule has 0 spiro atoms. The summed E-state index contributed by atoms with van der Waals surface area (Å²) in [5, 5.41) is 11.7. The molecule has 0 bridgehead atoms. The van der Waals surface area contributed by atoms with E-state index in [1.165, 1.54) is 11.8 Å². The number of nitrogens with one attached hydrogen (secondary N) is 1. The molecule has 5 nitrogen and oxygen atoms in total. The van der Waals surface area contributed by atoms with Gasteiger partial charge in [-0.2, -0.15) is 0 Å². The number of hydrogen-bond donors (Lipinski definition) is 2. The van der Waals surface area contributed by atoms with Crippen molar-refractivity contribution in [1.29, 1.82) is 0 Å². The van der Waals surface area contributed by atoms with Gasteiger partial charge in [0.25, 0.3) is 0 Å². The quantitative estimate of drug-likeness (QED) is 0.721. The molecule has 2 atom stereocenters. The molecule has 0 radical (unpaired) electrons. The van der Waals surface area contributed by atoms with Crippen LogP contribution in [-0.2, 0) is 9.59 Å². The van der Waals surface area contributed by atoms with E-state index in [-0.39, 0.29) is 17.6 Å². The molecule has 6 heteroatoms. The van der Waals surface area contributed by atoms with E-state index in [1.54, 1.807) is 7.11 Å². The molecule has 0 aliphatic rings. The molecule has 0 fully saturated rings. The SMILES string of the molecule is CCC(C)C(NC(=O)CSc1cccc(OC)c1)C(=O)O. The molecule has 0 heterocycles. The number of benzene rings is 1. The second kappa shape index (κ2) is 8.56. The summed E-state index contributed by atoms with van der Waals surface area (Å²) in [6.07, 6.45) is 0.695. The second-order valence-corrected chi connectivity index (χ2v) is 5.79. The smallest absolute Gasteiger partial charge is 0.326 e. The Hall–Kier alpha value is -1.69. The third kappa shape index (κ3) is 5.67. The van der Waals surface area contributed by atoms with Crippen LogP contribution in [0, 0.1) is 5.92 Å². The number of rotatable bonds is 8. The lowest BCUT2D eigenvalue weighted by Gasteiger charge is -2.20. The van der Waals surface area contributed by atoms with E-state index in [0.717, 1.165) is 10.6 Å². The fraction of sp³-hybridized carbons (Fsp3) is 0.467. The lowest BCUT2D eigenvalue weighted by molar-refractivity contribution is -0.143. The summed E-state index contributed by atoms with van der Waals surface area (Å²) in [4.78, 5) is 23.9. The first kappa shape index (κ1) is 17.4. The highest BCUT2D eigenvalue weighted by Crippen LogP contribution is 2.22. The minimum absolute atomic E-state index is 0.103. The van der Waals surface area contributed by atoms with Crippen LogP contribution < -0.4 is 10.1 Å². The van der Waals surface area contributed by atoms with E-state index < -0.39 is 12.0 Å². The third-order valence-corrected chi connectivity index (χ3v) is 4.20. The molecule has 21 heavy (non-hydrogen) atoms. The van der Waals surface area contributed by atoms with E-state index in [2.05, 4.69) is 5.32 Å². The fourth-order valence-corrected chi connectivity index (χ4v) is 2.49. The van der Waals surface area contributed by atoms with Gasteiger partial charge in [-0.3, -0.25) is 4.79 Å². The van der Waals surface area contributed by atoms with Crippen molar-refractivity contribution in [2.24, 2.45) is 5.92 Å². The van der Waals surface area contributed by atoms with Crippen LogP contribution in [0.25, 0.3) is 0 Å². The van der Waals surface area contributed by atoms with Crippen LogP contribution in [0.15, 0.2) is 29.2 Å². The first-order valence-electron chi connectivity index (χ1n) is 6.77. The van der Waals surface area contributed by atoms with Gasteiger partial charge in [-0.25, -0.2) is 4.79 Å². The zero-order chi connectivity index (χ0) is 15.8. The predicted molar refractivity (Wildman–Crippen MR) is 82.7 cm³/mol. The molecule has 1 rings (SSSR count). The summed E-state index contributed by atoms with van der Waals surface area (Å²) in [7, 11) is 1.58. The van der Waals surface area contributed by atoms with Gasteiger partial charge < -0.3 is 15.2 Å². The molecule has 116 valence electrons. The Morgan fingerprint density at radius 1 is 1.43 bits per heavy atom. The van der Waals surface area contributed by atoms with Gasteiger partial charge in [-0.15, -0.1) is 11.8 Å². The highest BCUT2D eigenvalue weighted by molar-refractivity contribution is 8.00. The Bertz CT molecular complexity index is 492. The van der Waals surface area contributed by atoms with Crippen molar-refractivity contribution in [3.05, 3.63) is 24.3 Å². The number of thioether (sulfide) groups is 1. The van der Waals surface area contributed by atoms with E-state index in [9.17, 15) is 9.59 Å². The van der Waals surface area contributed by atoms with Crippen LogP contribution >= 0.6 is 11.8 Å². The Morgan fingerprint density at radius 3 is 2.71 bits per heavy atom. The number of carboxylic acid groups (broad SMARTS) is 1. The van der Waals surface area contributed by atoms with Crippen LogP contribution in [0.2, 0.25) is 0 Å². The molecular weight excluding hydrogens is 290 g/mol. The predicted octanol–water partition coefficient (Wildman–Crippen LogP) is 2.40. The average Bonchev–Trinajstić information content (AvgIpc) is 2.49. The van der Waals surface area contributed by atoms with Crippen molar-refractivity contribution in [2.45, 2.75) is 31.2 Å². The minimum atomic E-state index is -0.996. The molecule has 0 aliphatic carbocycles. The zero-order valence-electron chi connectivity index (χ0n) is 12.5. The number of aliphatic carboxylic acids is 1. The summed E-state index contributed by atoms with van der Waals surface area (Å²) >= 11 is 1.35. The number of carboxylic acids is 1. The molecule has 1 aromatic carbocycles. The molecule has 1 amide bonds. The molecular formula is C15H21NO4S. The largest absolute Gasteiger partial charge is 0.497 e. The van der Waals surface area contributed by atoms with Crippen LogP contribution in [-0.4, -0.2) is 35.9 Å². The Balaban J connectivity index is 2.54. The van der Waals surface area contributed by atoms with Crippen molar-refractivity contribution in [1.82, 2.24) is 5.32 Å². The van der Waals surface area contributed by atoms with Crippen molar-refractivity contribution < 1.29 is 19.4 Å². The number of amides is 1. The summed E-state index contributed by atoms with van der Waals surface area (Å²) < 4.78 is 5.11. The number of ether oxygens (including phenoxy) is 1. The van der Waals surface area contributed by atoms with E-state index in [1.807, 2.05) is 38.1 Å². The van der Waals surface area contributed by atoms with E-state index in [0.29, 0.717) is 6.42 Å². The lowest BCUT2D eigenvalue weighted by Crippen LogP contribution is -2.45. The van der Waals surface area contributed by atoms with Gasteiger partial charge in [0.05, 0.1) is 12.9 Å². The summed E-state index contributed by atoms with van der Waals surface area (Å²) in [6.45, 7) is 3.71.